The summed E-state index contributed by atoms with van der Waals surface area (Å²) in [5.41, 5.74) is 2.34. The lowest BCUT2D eigenvalue weighted by atomic mass is 10.2. The van der Waals surface area contributed by atoms with Crippen LogP contribution in [0.4, 0.5) is 0 Å². The number of halogens is 1. The van der Waals surface area contributed by atoms with Crippen LogP contribution in [-0.2, 0) is 0 Å². The van der Waals surface area contributed by atoms with Gasteiger partial charge in [-0.05, 0) is 37.6 Å². The third-order valence-corrected chi connectivity index (χ3v) is 3.37. The van der Waals surface area contributed by atoms with E-state index in [0.717, 1.165) is 15.7 Å². The van der Waals surface area contributed by atoms with Crippen LogP contribution < -0.4 is 0 Å². The van der Waals surface area contributed by atoms with Gasteiger partial charge in [0.25, 0.3) is 0 Å². The molecule has 0 fully saturated rings. The molecule has 17 heavy (non-hydrogen) atoms. The minimum atomic E-state index is -1.07. The van der Waals surface area contributed by atoms with Crippen LogP contribution in [0.25, 0.3) is 5.69 Å². The molecule has 0 aliphatic heterocycles. The lowest BCUT2D eigenvalue weighted by Crippen LogP contribution is -2.02. The first-order chi connectivity index (χ1) is 8.00. The Labute approximate surface area is 106 Å². The van der Waals surface area contributed by atoms with Gasteiger partial charge in [0.2, 0.25) is 0 Å². The average molecular weight is 296 g/mol. The van der Waals surface area contributed by atoms with Crippen LogP contribution in [0.1, 0.15) is 21.7 Å². The summed E-state index contributed by atoms with van der Waals surface area (Å²) >= 11 is 3.41. The molecule has 0 saturated heterocycles. The first-order valence-electron chi connectivity index (χ1n) is 4.93. The molecule has 1 aromatic carbocycles. The molecule has 0 spiro atoms. The number of aromatic nitrogens is 3. The zero-order valence-corrected chi connectivity index (χ0v) is 10.9. The molecule has 1 aromatic heterocycles. The Kier molecular flexibility index (Phi) is 2.97. The lowest BCUT2D eigenvalue weighted by Gasteiger charge is -2.05. The zero-order valence-electron chi connectivity index (χ0n) is 9.31. The molecule has 2 rings (SSSR count). The summed E-state index contributed by atoms with van der Waals surface area (Å²) in [6, 6.07) is 5.66. The summed E-state index contributed by atoms with van der Waals surface area (Å²) in [6.45, 7) is 3.64. The number of carboxylic acids is 1. The molecule has 0 amide bonds. The van der Waals surface area contributed by atoms with Gasteiger partial charge in [-0.1, -0.05) is 21.1 Å². The quantitative estimate of drug-likeness (QED) is 0.923. The average Bonchev–Trinajstić information content (AvgIpc) is 2.64. The van der Waals surface area contributed by atoms with Crippen molar-refractivity contribution in [2.45, 2.75) is 13.8 Å². The number of benzene rings is 1. The highest BCUT2D eigenvalue weighted by molar-refractivity contribution is 9.10. The molecule has 0 aliphatic rings. The molecule has 0 saturated carbocycles. The first-order valence-corrected chi connectivity index (χ1v) is 5.72. The second-order valence-electron chi connectivity index (χ2n) is 3.67. The van der Waals surface area contributed by atoms with E-state index in [9.17, 15) is 4.79 Å². The van der Waals surface area contributed by atoms with Gasteiger partial charge in [-0.25, -0.2) is 9.48 Å². The molecule has 1 N–H and O–H groups in total. The van der Waals surface area contributed by atoms with Crippen LogP contribution >= 0.6 is 15.9 Å². The van der Waals surface area contributed by atoms with Crippen LogP contribution in [0.15, 0.2) is 22.7 Å². The van der Waals surface area contributed by atoms with E-state index in [1.165, 1.54) is 4.68 Å². The summed E-state index contributed by atoms with van der Waals surface area (Å²) in [4.78, 5) is 10.9. The number of carboxylic acid groups (broad SMARTS) is 1. The number of hydrogen-bond acceptors (Lipinski definition) is 3. The van der Waals surface area contributed by atoms with Crippen molar-refractivity contribution in [2.24, 2.45) is 0 Å². The van der Waals surface area contributed by atoms with Crippen LogP contribution in [0.3, 0.4) is 0 Å². The van der Waals surface area contributed by atoms with E-state index >= 15 is 0 Å². The molecule has 6 heteroatoms. The molecule has 0 aliphatic carbocycles. The van der Waals surface area contributed by atoms with Crippen LogP contribution in [0.5, 0.6) is 0 Å². The molecule has 88 valence electrons. The number of aromatic carboxylic acids is 1. The molecule has 0 radical (unpaired) electrons. The fourth-order valence-corrected chi connectivity index (χ4v) is 1.78. The minimum Gasteiger partial charge on any atom is -0.476 e. The molecular weight excluding hydrogens is 286 g/mol. The standard InChI is InChI=1S/C11H10BrN3O2/c1-6-5-8(3-4-9(6)12)15-7(2)10(11(16)17)13-14-15/h3-5H,1-2H3,(H,16,17). The van der Waals surface area contributed by atoms with Crippen LogP contribution in [0, 0.1) is 13.8 Å². The molecular formula is C11H10BrN3O2. The van der Waals surface area contributed by atoms with E-state index in [4.69, 9.17) is 5.11 Å². The van der Waals surface area contributed by atoms with Crippen molar-refractivity contribution in [3.05, 3.63) is 39.6 Å². The Hall–Kier alpha value is -1.69. The fourth-order valence-electron chi connectivity index (χ4n) is 1.53. The van der Waals surface area contributed by atoms with Gasteiger partial charge in [-0.2, -0.15) is 0 Å². The van der Waals surface area contributed by atoms with Gasteiger partial charge in [0.15, 0.2) is 5.69 Å². The Morgan fingerprint density at radius 3 is 2.65 bits per heavy atom. The number of nitrogens with zero attached hydrogens (tertiary/aromatic N) is 3. The van der Waals surface area contributed by atoms with E-state index in [2.05, 4.69) is 26.2 Å². The van der Waals surface area contributed by atoms with Gasteiger partial charge in [-0.3, -0.25) is 0 Å². The fraction of sp³-hybridized carbons (Fsp3) is 0.182. The second kappa shape index (κ2) is 4.29. The Morgan fingerprint density at radius 1 is 1.41 bits per heavy atom. The predicted octanol–water partition coefficient (Wildman–Crippen LogP) is 2.34. The number of carbonyl (C=O) groups is 1. The van der Waals surface area contributed by atoms with Gasteiger partial charge in [0.05, 0.1) is 11.4 Å². The van der Waals surface area contributed by atoms with Crippen LogP contribution in [-0.4, -0.2) is 26.1 Å². The molecule has 2 aromatic rings. The van der Waals surface area contributed by atoms with Gasteiger partial charge < -0.3 is 5.11 Å². The van der Waals surface area contributed by atoms with Crippen molar-refractivity contribution in [1.29, 1.82) is 0 Å². The van der Waals surface area contributed by atoms with Crippen molar-refractivity contribution in [3.8, 4) is 5.69 Å². The predicted molar refractivity (Wildman–Crippen MR) is 65.5 cm³/mol. The summed E-state index contributed by atoms with van der Waals surface area (Å²) in [5, 5.41) is 16.4. The second-order valence-corrected chi connectivity index (χ2v) is 4.53. The van der Waals surface area contributed by atoms with Gasteiger partial charge in [-0.15, -0.1) is 5.10 Å². The molecule has 0 bridgehead atoms. The van der Waals surface area contributed by atoms with Crippen molar-refractivity contribution in [1.82, 2.24) is 15.0 Å². The maximum absolute atomic E-state index is 10.9. The Morgan fingerprint density at radius 2 is 2.12 bits per heavy atom. The SMILES string of the molecule is Cc1cc(-n2nnc(C(=O)O)c2C)ccc1Br. The number of aryl methyl sites for hydroxylation is 1. The van der Waals surface area contributed by atoms with Gasteiger partial charge >= 0.3 is 5.97 Å². The Bertz CT molecular complexity index is 592. The third kappa shape index (κ3) is 2.08. The van der Waals surface area contributed by atoms with Gasteiger partial charge in [0.1, 0.15) is 0 Å². The van der Waals surface area contributed by atoms with E-state index in [0.29, 0.717) is 5.69 Å². The first kappa shape index (κ1) is 11.8. The van der Waals surface area contributed by atoms with Crippen LogP contribution in [0.2, 0.25) is 0 Å². The number of hydrogen-bond donors (Lipinski definition) is 1. The monoisotopic (exact) mass is 295 g/mol. The molecule has 0 atom stereocenters. The molecule has 5 nitrogen and oxygen atoms in total. The van der Waals surface area contributed by atoms with Gasteiger partial charge in [0, 0.05) is 4.47 Å². The maximum Gasteiger partial charge on any atom is 0.358 e. The van der Waals surface area contributed by atoms with E-state index in [1.54, 1.807) is 6.92 Å². The summed E-state index contributed by atoms with van der Waals surface area (Å²) in [5.74, 6) is -1.07. The summed E-state index contributed by atoms with van der Waals surface area (Å²) in [7, 11) is 0. The molecule has 0 unspecified atom stereocenters. The minimum absolute atomic E-state index is 0.0226. The largest absolute Gasteiger partial charge is 0.476 e. The highest BCUT2D eigenvalue weighted by Gasteiger charge is 2.16. The van der Waals surface area contributed by atoms with E-state index < -0.39 is 5.97 Å². The highest BCUT2D eigenvalue weighted by atomic mass is 79.9. The normalized spacial score (nSPS) is 10.5. The zero-order chi connectivity index (χ0) is 12.6. The third-order valence-electron chi connectivity index (χ3n) is 2.48. The summed E-state index contributed by atoms with van der Waals surface area (Å²) in [6.07, 6.45) is 0. The Balaban J connectivity index is 2.53. The highest BCUT2D eigenvalue weighted by Crippen LogP contribution is 2.20. The topological polar surface area (TPSA) is 68.0 Å². The van der Waals surface area contributed by atoms with Crippen molar-refractivity contribution in [3.63, 3.8) is 0 Å². The maximum atomic E-state index is 10.9. The summed E-state index contributed by atoms with van der Waals surface area (Å²) < 4.78 is 2.51. The molecule has 1 heterocycles. The lowest BCUT2D eigenvalue weighted by molar-refractivity contribution is 0.0689. The van der Waals surface area contributed by atoms with Crippen molar-refractivity contribution < 1.29 is 9.90 Å². The van der Waals surface area contributed by atoms with Crippen molar-refractivity contribution in [2.75, 3.05) is 0 Å². The van der Waals surface area contributed by atoms with Crippen molar-refractivity contribution >= 4 is 21.9 Å². The van der Waals surface area contributed by atoms with E-state index in [1.807, 2.05) is 25.1 Å². The number of rotatable bonds is 2. The smallest absolute Gasteiger partial charge is 0.358 e. The van der Waals surface area contributed by atoms with E-state index in [-0.39, 0.29) is 5.69 Å².